The van der Waals surface area contributed by atoms with Crippen molar-refractivity contribution in [2.24, 2.45) is 0 Å². The summed E-state index contributed by atoms with van der Waals surface area (Å²) in [5.74, 6) is 0.495. The average Bonchev–Trinajstić information content (AvgIpc) is 3.25. The molecule has 6 rings (SSSR count). The van der Waals surface area contributed by atoms with Crippen LogP contribution >= 0.6 is 0 Å². The van der Waals surface area contributed by atoms with E-state index in [1.54, 1.807) is 5.56 Å². The molecule has 1 spiro atoms. The molecular weight excluding hydrogens is 326 g/mol. The van der Waals surface area contributed by atoms with Gasteiger partial charge in [-0.1, -0.05) is 79.9 Å². The summed E-state index contributed by atoms with van der Waals surface area (Å²) < 4.78 is 0. The van der Waals surface area contributed by atoms with Gasteiger partial charge in [0, 0.05) is 22.5 Å². The van der Waals surface area contributed by atoms with Gasteiger partial charge in [0.15, 0.2) is 0 Å². The van der Waals surface area contributed by atoms with Crippen LogP contribution in [-0.2, 0) is 5.41 Å². The van der Waals surface area contributed by atoms with Gasteiger partial charge in [0.1, 0.15) is 0 Å². The summed E-state index contributed by atoms with van der Waals surface area (Å²) in [5.41, 5.74) is 6.31. The molecule has 1 heterocycles. The van der Waals surface area contributed by atoms with Crippen molar-refractivity contribution in [3.05, 3.63) is 83.6 Å². The van der Waals surface area contributed by atoms with Crippen LogP contribution in [0.4, 0.5) is 0 Å². The second-order valence-electron chi connectivity index (χ2n) is 8.66. The lowest BCUT2D eigenvalue weighted by atomic mass is 9.69. The topological polar surface area (TPSA) is 15.8 Å². The molecule has 1 fully saturated rings. The van der Waals surface area contributed by atoms with Crippen molar-refractivity contribution in [2.45, 2.75) is 49.9 Å². The minimum Gasteiger partial charge on any atom is -0.358 e. The molecule has 0 aliphatic heterocycles. The van der Waals surface area contributed by atoms with Gasteiger partial charge in [-0.3, -0.25) is 0 Å². The van der Waals surface area contributed by atoms with Gasteiger partial charge in [-0.05, 0) is 52.6 Å². The summed E-state index contributed by atoms with van der Waals surface area (Å²) in [7, 11) is 0. The van der Waals surface area contributed by atoms with E-state index in [0.717, 1.165) is 0 Å². The first-order valence-electron chi connectivity index (χ1n) is 10.4. The van der Waals surface area contributed by atoms with Gasteiger partial charge in [0.2, 0.25) is 0 Å². The molecule has 27 heavy (non-hydrogen) atoms. The van der Waals surface area contributed by atoms with E-state index in [9.17, 15) is 0 Å². The number of nitrogens with one attached hydrogen (secondary N) is 1. The molecule has 3 aromatic carbocycles. The fourth-order valence-corrected chi connectivity index (χ4v) is 5.98. The Bertz CT molecular complexity index is 1140. The fourth-order valence-electron chi connectivity index (χ4n) is 5.98. The number of hydrogen-bond acceptors (Lipinski definition) is 0. The van der Waals surface area contributed by atoms with Crippen LogP contribution < -0.4 is 0 Å². The first kappa shape index (κ1) is 15.5. The zero-order valence-electron chi connectivity index (χ0n) is 15.7. The van der Waals surface area contributed by atoms with E-state index in [1.165, 1.54) is 71.5 Å². The fraction of sp³-hybridized carbons (Fsp3) is 0.308. The highest BCUT2D eigenvalue weighted by Gasteiger charge is 2.46. The molecule has 0 saturated heterocycles. The largest absolute Gasteiger partial charge is 0.358 e. The Labute approximate surface area is 160 Å². The molecule has 1 nitrogen and oxygen atoms in total. The Hall–Kier alpha value is -2.54. The monoisotopic (exact) mass is 351 g/mol. The highest BCUT2D eigenvalue weighted by molar-refractivity contribution is 5.88. The van der Waals surface area contributed by atoms with Crippen LogP contribution in [0.15, 0.2) is 66.7 Å². The van der Waals surface area contributed by atoms with Crippen molar-refractivity contribution in [1.82, 2.24) is 4.98 Å². The molecule has 1 N–H and O–H groups in total. The molecule has 2 aliphatic carbocycles. The standard InChI is InChI=1S/C26H25N/c1-6-14-26(15-7-1)17-22(20-13-12-18-8-2-3-9-19(18)16-20)25-24(26)21-10-4-5-11-23(21)27-25/h2-5,8-13,16,22,27H,1,6-7,14-15,17H2. The van der Waals surface area contributed by atoms with E-state index in [0.29, 0.717) is 11.3 Å². The van der Waals surface area contributed by atoms with E-state index in [2.05, 4.69) is 71.7 Å². The maximum atomic E-state index is 3.84. The van der Waals surface area contributed by atoms with Crippen molar-refractivity contribution in [3.63, 3.8) is 0 Å². The molecular formula is C26H25N. The summed E-state index contributed by atoms with van der Waals surface area (Å²) >= 11 is 0. The van der Waals surface area contributed by atoms with E-state index in [4.69, 9.17) is 0 Å². The Balaban J connectivity index is 1.56. The number of aromatic nitrogens is 1. The molecule has 4 aromatic rings. The smallest absolute Gasteiger partial charge is 0.0459 e. The Morgan fingerprint density at radius 3 is 2.44 bits per heavy atom. The van der Waals surface area contributed by atoms with E-state index in [1.807, 2.05) is 0 Å². The zero-order chi connectivity index (χ0) is 17.8. The molecule has 1 unspecified atom stereocenters. The van der Waals surface area contributed by atoms with Gasteiger partial charge < -0.3 is 4.98 Å². The molecule has 1 aromatic heterocycles. The van der Waals surface area contributed by atoms with Crippen LogP contribution in [0.25, 0.3) is 21.7 Å². The molecule has 134 valence electrons. The number of para-hydroxylation sites is 1. The quantitative estimate of drug-likeness (QED) is 0.378. The van der Waals surface area contributed by atoms with Gasteiger partial charge in [0.05, 0.1) is 0 Å². The van der Waals surface area contributed by atoms with Crippen LogP contribution in [0.3, 0.4) is 0 Å². The maximum absolute atomic E-state index is 3.84. The third-order valence-electron chi connectivity index (χ3n) is 7.20. The van der Waals surface area contributed by atoms with Crippen molar-refractivity contribution in [2.75, 3.05) is 0 Å². The second kappa shape index (κ2) is 5.73. The molecule has 0 radical (unpaired) electrons. The number of hydrogen-bond donors (Lipinski definition) is 1. The molecule has 1 atom stereocenters. The number of H-pyrrole nitrogens is 1. The Morgan fingerprint density at radius 1 is 0.778 bits per heavy atom. The Kier molecular flexibility index (Phi) is 3.29. The van der Waals surface area contributed by atoms with Crippen LogP contribution in [-0.4, -0.2) is 4.98 Å². The zero-order valence-corrected chi connectivity index (χ0v) is 15.7. The third kappa shape index (κ3) is 2.24. The second-order valence-corrected chi connectivity index (χ2v) is 8.66. The van der Waals surface area contributed by atoms with Gasteiger partial charge >= 0.3 is 0 Å². The lowest BCUT2D eigenvalue weighted by Crippen LogP contribution is -2.26. The molecule has 1 saturated carbocycles. The summed E-state index contributed by atoms with van der Waals surface area (Å²) in [6.07, 6.45) is 8.14. The first-order chi connectivity index (χ1) is 13.3. The van der Waals surface area contributed by atoms with E-state index in [-0.39, 0.29) is 0 Å². The molecule has 2 aliphatic rings. The summed E-state index contributed by atoms with van der Waals surface area (Å²) in [5, 5.41) is 4.17. The van der Waals surface area contributed by atoms with E-state index < -0.39 is 0 Å². The first-order valence-corrected chi connectivity index (χ1v) is 10.4. The lowest BCUT2D eigenvalue weighted by molar-refractivity contribution is 0.287. The van der Waals surface area contributed by atoms with E-state index >= 15 is 0 Å². The number of aromatic amines is 1. The summed E-state index contributed by atoms with van der Waals surface area (Å²) in [6, 6.07) is 24.8. The van der Waals surface area contributed by atoms with Crippen LogP contribution in [0.5, 0.6) is 0 Å². The molecule has 0 amide bonds. The number of rotatable bonds is 1. The van der Waals surface area contributed by atoms with Crippen molar-refractivity contribution < 1.29 is 0 Å². The normalized spacial score (nSPS) is 21.1. The molecule has 0 bridgehead atoms. The van der Waals surface area contributed by atoms with Crippen molar-refractivity contribution in [1.29, 1.82) is 0 Å². The summed E-state index contributed by atoms with van der Waals surface area (Å²) in [4.78, 5) is 3.84. The van der Waals surface area contributed by atoms with Crippen molar-refractivity contribution in [3.8, 4) is 0 Å². The Morgan fingerprint density at radius 2 is 1.56 bits per heavy atom. The SMILES string of the molecule is c1ccc2cc(C3CC4(CCCCC4)c4c3[nH]c3ccccc43)ccc2c1. The maximum Gasteiger partial charge on any atom is 0.0459 e. The number of benzene rings is 3. The van der Waals surface area contributed by atoms with Crippen LogP contribution in [0.2, 0.25) is 0 Å². The van der Waals surface area contributed by atoms with Crippen LogP contribution in [0.1, 0.15) is 61.3 Å². The lowest BCUT2D eigenvalue weighted by Gasteiger charge is -2.35. The highest BCUT2D eigenvalue weighted by atomic mass is 14.8. The predicted molar refractivity (Wildman–Crippen MR) is 113 cm³/mol. The van der Waals surface area contributed by atoms with Gasteiger partial charge in [0.25, 0.3) is 0 Å². The van der Waals surface area contributed by atoms with Crippen LogP contribution in [0, 0.1) is 0 Å². The minimum absolute atomic E-state index is 0.378. The molecule has 1 heteroatoms. The van der Waals surface area contributed by atoms with Gasteiger partial charge in [-0.15, -0.1) is 0 Å². The highest BCUT2D eigenvalue weighted by Crippen LogP contribution is 2.57. The van der Waals surface area contributed by atoms with Crippen molar-refractivity contribution >= 4 is 21.7 Å². The van der Waals surface area contributed by atoms with Gasteiger partial charge in [-0.25, -0.2) is 0 Å². The van der Waals surface area contributed by atoms with Gasteiger partial charge in [-0.2, -0.15) is 0 Å². The third-order valence-corrected chi connectivity index (χ3v) is 7.20. The number of fused-ring (bicyclic) bond motifs is 5. The minimum atomic E-state index is 0.378. The predicted octanol–water partition coefficient (Wildman–Crippen LogP) is 7.06. The summed E-state index contributed by atoms with van der Waals surface area (Å²) in [6.45, 7) is 0. The average molecular weight is 351 g/mol.